The summed E-state index contributed by atoms with van der Waals surface area (Å²) in [5.41, 5.74) is 0.0543. The molecule has 144 valence electrons. The van der Waals surface area contributed by atoms with Crippen LogP contribution in [0.4, 0.5) is 20.4 Å². The molecule has 2 aliphatic heterocycles. The van der Waals surface area contributed by atoms with Crippen LogP contribution in [0, 0.1) is 17.8 Å². The van der Waals surface area contributed by atoms with Gasteiger partial charge in [0.15, 0.2) is 5.65 Å². The van der Waals surface area contributed by atoms with E-state index in [1.807, 2.05) is 6.07 Å². The lowest BCUT2D eigenvalue weighted by molar-refractivity contribution is -0.137. The van der Waals surface area contributed by atoms with Crippen LogP contribution in [0.25, 0.3) is 5.65 Å². The molecule has 4 atom stereocenters. The van der Waals surface area contributed by atoms with E-state index >= 15 is 0 Å². The Morgan fingerprint density at radius 3 is 2.67 bits per heavy atom. The molecule has 2 aromatic heterocycles. The van der Waals surface area contributed by atoms with Crippen molar-refractivity contribution in [2.45, 2.75) is 32.2 Å². The maximum atomic E-state index is 13.4. The first-order chi connectivity index (χ1) is 12.9. The lowest BCUT2D eigenvalue weighted by Gasteiger charge is -2.40. The van der Waals surface area contributed by atoms with Gasteiger partial charge in [-0.05, 0) is 31.1 Å². The predicted molar refractivity (Wildman–Crippen MR) is 94.3 cm³/mol. The molecule has 1 N–H and O–H groups in total. The summed E-state index contributed by atoms with van der Waals surface area (Å²) in [6.07, 6.45) is -0.153. The molecule has 0 bridgehead atoms. The second-order valence-electron chi connectivity index (χ2n) is 7.93. The van der Waals surface area contributed by atoms with Crippen LogP contribution in [0.2, 0.25) is 0 Å². The Morgan fingerprint density at radius 2 is 2.11 bits per heavy atom. The van der Waals surface area contributed by atoms with Crippen molar-refractivity contribution in [3.05, 3.63) is 17.8 Å². The number of halogens is 2. The Hall–Kier alpha value is -2.45. The number of fused-ring (bicyclic) bond motifs is 2. The number of carbonyl (C=O) groups is 1. The zero-order valence-electron chi connectivity index (χ0n) is 14.9. The van der Waals surface area contributed by atoms with E-state index in [1.54, 1.807) is 0 Å². The van der Waals surface area contributed by atoms with E-state index in [-0.39, 0.29) is 23.5 Å². The molecule has 27 heavy (non-hydrogen) atoms. The average Bonchev–Trinajstić information content (AvgIpc) is 3.00. The molecule has 2 saturated heterocycles. The van der Waals surface area contributed by atoms with Gasteiger partial charge in [0.05, 0.1) is 11.8 Å². The fourth-order valence-corrected chi connectivity index (χ4v) is 4.68. The number of aliphatic carboxylic acids is 1. The van der Waals surface area contributed by atoms with Gasteiger partial charge in [-0.25, -0.2) is 13.8 Å². The highest BCUT2D eigenvalue weighted by Gasteiger charge is 2.56. The Bertz CT molecular complexity index is 905. The molecule has 1 aliphatic carbocycles. The topological polar surface area (TPSA) is 74.0 Å². The quantitative estimate of drug-likeness (QED) is 0.863. The molecule has 3 aliphatic rings. The third kappa shape index (κ3) is 2.55. The number of rotatable bonds is 5. The molecule has 0 radical (unpaired) electrons. The van der Waals surface area contributed by atoms with Crippen LogP contribution in [0.3, 0.4) is 0 Å². The van der Waals surface area contributed by atoms with E-state index in [2.05, 4.69) is 26.8 Å². The van der Waals surface area contributed by atoms with Gasteiger partial charge in [-0.3, -0.25) is 4.79 Å². The molecule has 0 aromatic carbocycles. The molecule has 3 fully saturated rings. The van der Waals surface area contributed by atoms with E-state index in [1.165, 1.54) is 10.7 Å². The molecule has 0 unspecified atom stereocenters. The summed E-state index contributed by atoms with van der Waals surface area (Å²) in [5.74, 6) is 1.68. The number of hydrogen-bond donors (Lipinski definition) is 1. The smallest absolute Gasteiger partial charge is 0.303 e. The molecule has 5 rings (SSSR count). The molecule has 0 spiro atoms. The molecule has 2 aromatic rings. The summed E-state index contributed by atoms with van der Waals surface area (Å²) >= 11 is 0. The summed E-state index contributed by atoms with van der Waals surface area (Å²) in [5, 5.41) is 13.2. The van der Waals surface area contributed by atoms with Crippen LogP contribution in [0.1, 0.15) is 31.8 Å². The summed E-state index contributed by atoms with van der Waals surface area (Å²) in [6.45, 7) is 4.44. The number of hydrogen-bond acceptors (Lipinski definition) is 5. The van der Waals surface area contributed by atoms with E-state index in [0.717, 1.165) is 31.9 Å². The van der Waals surface area contributed by atoms with E-state index in [4.69, 9.17) is 5.11 Å². The number of anilines is 2. The van der Waals surface area contributed by atoms with Crippen LogP contribution >= 0.6 is 0 Å². The van der Waals surface area contributed by atoms with Crippen molar-refractivity contribution >= 4 is 23.3 Å². The fraction of sp³-hybridized carbons (Fsp3) is 0.611. The van der Waals surface area contributed by atoms with Crippen molar-refractivity contribution in [3.8, 4) is 0 Å². The first-order valence-electron chi connectivity index (χ1n) is 9.34. The van der Waals surface area contributed by atoms with Gasteiger partial charge in [0.1, 0.15) is 11.6 Å². The van der Waals surface area contributed by atoms with Gasteiger partial charge < -0.3 is 14.9 Å². The van der Waals surface area contributed by atoms with Gasteiger partial charge in [-0.1, -0.05) is 0 Å². The largest absolute Gasteiger partial charge is 0.481 e. The lowest BCUT2D eigenvalue weighted by atomic mass is 10.1. The van der Waals surface area contributed by atoms with Gasteiger partial charge in [-0.15, -0.1) is 0 Å². The molecule has 0 amide bonds. The van der Waals surface area contributed by atoms with Crippen molar-refractivity contribution in [1.82, 2.24) is 14.6 Å². The van der Waals surface area contributed by atoms with E-state index < -0.39 is 12.4 Å². The monoisotopic (exact) mass is 377 g/mol. The van der Waals surface area contributed by atoms with Crippen molar-refractivity contribution in [2.75, 3.05) is 29.4 Å². The van der Waals surface area contributed by atoms with Gasteiger partial charge in [0, 0.05) is 38.2 Å². The van der Waals surface area contributed by atoms with Crippen LogP contribution in [-0.2, 0) is 4.79 Å². The number of carboxylic acid groups (broad SMARTS) is 1. The van der Waals surface area contributed by atoms with Crippen LogP contribution in [0.15, 0.2) is 12.3 Å². The zero-order valence-corrected chi connectivity index (χ0v) is 14.9. The second-order valence-corrected chi connectivity index (χ2v) is 7.93. The predicted octanol–water partition coefficient (Wildman–Crippen LogP) is 2.42. The number of alkyl halides is 2. The summed E-state index contributed by atoms with van der Waals surface area (Å²) in [7, 11) is 0. The highest BCUT2D eigenvalue weighted by molar-refractivity contribution is 5.68. The van der Waals surface area contributed by atoms with Crippen molar-refractivity contribution in [3.63, 3.8) is 0 Å². The summed E-state index contributed by atoms with van der Waals surface area (Å²) < 4.78 is 28.3. The third-order valence-electron chi connectivity index (χ3n) is 6.42. The van der Waals surface area contributed by atoms with Crippen LogP contribution < -0.4 is 9.80 Å². The van der Waals surface area contributed by atoms with Crippen molar-refractivity contribution in [1.29, 1.82) is 0 Å². The summed E-state index contributed by atoms with van der Waals surface area (Å²) in [4.78, 5) is 19.7. The van der Waals surface area contributed by atoms with Crippen LogP contribution in [-0.4, -0.2) is 51.4 Å². The number of piperidine rings is 1. The van der Waals surface area contributed by atoms with E-state index in [0.29, 0.717) is 23.7 Å². The Kier molecular flexibility index (Phi) is 3.57. The third-order valence-corrected chi connectivity index (χ3v) is 6.42. The first kappa shape index (κ1) is 16.7. The number of carboxylic acids is 1. The van der Waals surface area contributed by atoms with Crippen LogP contribution in [0.5, 0.6) is 0 Å². The molecule has 9 heteroatoms. The van der Waals surface area contributed by atoms with Crippen molar-refractivity contribution in [2.24, 2.45) is 17.8 Å². The fourth-order valence-electron chi connectivity index (χ4n) is 4.68. The minimum atomic E-state index is -2.63. The maximum Gasteiger partial charge on any atom is 0.303 e. The van der Waals surface area contributed by atoms with Gasteiger partial charge >= 0.3 is 5.97 Å². The standard InChI is InChI=1S/C18H21F2N5O2/c1-9-2-3-24(9)14-5-15(25-18(22-14)11(6-21-25)17(19)20)23-7-12-10(4-16(26)27)13(12)8-23/h5-6,9-10,12-13,17H,2-4,7-8H2,1H3,(H,26,27)/t9-,10-,12-,13+/m0/s1. The number of aromatic nitrogens is 3. The average molecular weight is 377 g/mol. The second kappa shape index (κ2) is 5.77. The Morgan fingerprint density at radius 1 is 1.37 bits per heavy atom. The highest BCUT2D eigenvalue weighted by Crippen LogP contribution is 2.54. The molecule has 1 saturated carbocycles. The molecule has 4 heterocycles. The Labute approximate surface area is 154 Å². The lowest BCUT2D eigenvalue weighted by Crippen LogP contribution is -2.46. The minimum absolute atomic E-state index is 0.153. The SMILES string of the molecule is C[C@H]1CCN1c1cc(N2C[C@@H]3[C@@H](CC(=O)O)[C@@H]3C2)n2ncc(C(F)F)c2n1. The van der Waals surface area contributed by atoms with Crippen molar-refractivity contribution < 1.29 is 18.7 Å². The molecular formula is C18H21F2N5O2. The molecular weight excluding hydrogens is 356 g/mol. The van der Waals surface area contributed by atoms with E-state index in [9.17, 15) is 13.6 Å². The maximum absolute atomic E-state index is 13.4. The highest BCUT2D eigenvalue weighted by atomic mass is 19.3. The van der Waals surface area contributed by atoms with Gasteiger partial charge in [0.25, 0.3) is 6.43 Å². The minimum Gasteiger partial charge on any atom is -0.481 e. The first-order valence-corrected chi connectivity index (χ1v) is 9.34. The normalized spacial score (nSPS) is 29.3. The van der Waals surface area contributed by atoms with Gasteiger partial charge in [0.2, 0.25) is 0 Å². The zero-order chi connectivity index (χ0) is 18.9. The van der Waals surface area contributed by atoms with Gasteiger partial charge in [-0.2, -0.15) is 9.61 Å². The molecule has 7 nitrogen and oxygen atoms in total. The summed E-state index contributed by atoms with van der Waals surface area (Å²) in [6, 6.07) is 2.28. The number of nitrogens with zero attached hydrogens (tertiary/aromatic N) is 5. The Balaban J connectivity index is 1.49.